The van der Waals surface area contributed by atoms with Crippen molar-refractivity contribution >= 4 is 30.0 Å². The van der Waals surface area contributed by atoms with E-state index < -0.39 is 5.97 Å². The molecule has 138 valence electrons. The number of hydrogen-bond acceptors (Lipinski definition) is 6. The van der Waals surface area contributed by atoms with Crippen LogP contribution in [0.4, 0.5) is 5.69 Å². The summed E-state index contributed by atoms with van der Waals surface area (Å²) >= 11 is 5.82. The van der Waals surface area contributed by atoms with E-state index in [0.717, 1.165) is 25.5 Å². The SMILES string of the molecule is CC.CC.COC(=O)c1nnc(Cl)cc1NCC1CCCB(C#N)C1. The standard InChI is InChI=1S/C13H16BClN4O2.2C2H6/c1-21-13(20)12-10(5-11(15)18-19-12)17-7-9-3-2-4-14(6-9)8-16;2*1-2/h5,9H,2-4,6-7H2,1H3,(H,17,18);2*1-2H3. The van der Waals surface area contributed by atoms with Crippen LogP contribution in [-0.2, 0) is 4.74 Å². The quantitative estimate of drug-likeness (QED) is 0.629. The van der Waals surface area contributed by atoms with Gasteiger partial charge in [-0.25, -0.2) is 10.1 Å². The van der Waals surface area contributed by atoms with Crippen molar-refractivity contribution in [1.82, 2.24) is 10.2 Å². The minimum absolute atomic E-state index is 0.120. The Morgan fingerprint density at radius 2 is 2.12 bits per heavy atom. The number of nitriles is 1. The summed E-state index contributed by atoms with van der Waals surface area (Å²) in [5.74, 6) is 2.18. The Balaban J connectivity index is 0.00000134. The van der Waals surface area contributed by atoms with Gasteiger partial charge in [0.15, 0.2) is 10.8 Å². The van der Waals surface area contributed by atoms with Gasteiger partial charge in [0.05, 0.1) is 12.8 Å². The molecule has 1 aliphatic heterocycles. The highest BCUT2D eigenvalue weighted by Gasteiger charge is 2.25. The minimum Gasteiger partial charge on any atom is -0.464 e. The first-order valence-corrected chi connectivity index (χ1v) is 9.27. The fourth-order valence-corrected chi connectivity index (χ4v) is 2.75. The number of hydrogen-bond donors (Lipinski definition) is 1. The van der Waals surface area contributed by atoms with Gasteiger partial charge >= 0.3 is 5.97 Å². The van der Waals surface area contributed by atoms with Crippen molar-refractivity contribution in [1.29, 1.82) is 5.26 Å². The lowest BCUT2D eigenvalue weighted by molar-refractivity contribution is 0.0594. The molecule has 1 aliphatic rings. The topological polar surface area (TPSA) is 87.9 Å². The van der Waals surface area contributed by atoms with Crippen molar-refractivity contribution < 1.29 is 9.53 Å². The molecule has 8 heteroatoms. The average molecular weight is 367 g/mol. The molecule has 2 rings (SSSR count). The third-order valence-corrected chi connectivity index (χ3v) is 3.87. The average Bonchev–Trinajstić information content (AvgIpc) is 2.69. The fourth-order valence-electron chi connectivity index (χ4n) is 2.60. The molecule has 0 spiro atoms. The molecule has 1 aromatic heterocycles. The predicted octanol–water partition coefficient (Wildman–Crippen LogP) is 4.35. The molecule has 1 N–H and O–H groups in total. The minimum atomic E-state index is -0.555. The van der Waals surface area contributed by atoms with Gasteiger partial charge in [-0.05, 0) is 5.92 Å². The van der Waals surface area contributed by atoms with Crippen LogP contribution in [0.15, 0.2) is 6.07 Å². The molecule has 25 heavy (non-hydrogen) atoms. The maximum absolute atomic E-state index is 11.6. The highest BCUT2D eigenvalue weighted by molar-refractivity contribution is 6.67. The number of ether oxygens (including phenoxy) is 1. The summed E-state index contributed by atoms with van der Waals surface area (Å²) < 4.78 is 4.68. The van der Waals surface area contributed by atoms with Crippen molar-refractivity contribution in [2.24, 2.45) is 5.92 Å². The van der Waals surface area contributed by atoms with Crippen molar-refractivity contribution in [3.05, 3.63) is 16.9 Å². The first kappa shape index (κ1) is 23.2. The summed E-state index contributed by atoms with van der Waals surface area (Å²) in [6, 6.07) is 1.56. The van der Waals surface area contributed by atoms with Crippen LogP contribution in [0.5, 0.6) is 0 Å². The zero-order valence-corrected chi connectivity index (χ0v) is 16.6. The normalized spacial score (nSPS) is 15.6. The second-order valence-electron chi connectivity index (χ2n) is 5.16. The number of nitrogens with zero attached hydrogens (tertiary/aromatic N) is 3. The maximum Gasteiger partial charge on any atom is 0.360 e. The van der Waals surface area contributed by atoms with Crippen LogP contribution in [0, 0.1) is 17.1 Å². The highest BCUT2D eigenvalue weighted by Crippen LogP contribution is 2.26. The van der Waals surface area contributed by atoms with Gasteiger partial charge in [-0.2, -0.15) is 0 Å². The van der Waals surface area contributed by atoms with E-state index in [4.69, 9.17) is 16.9 Å². The molecular formula is C17H28BClN4O2. The van der Waals surface area contributed by atoms with E-state index in [0.29, 0.717) is 18.2 Å². The van der Waals surface area contributed by atoms with Gasteiger partial charge < -0.3 is 10.1 Å². The van der Waals surface area contributed by atoms with E-state index in [2.05, 4.69) is 26.2 Å². The van der Waals surface area contributed by atoms with E-state index in [1.807, 2.05) is 27.7 Å². The van der Waals surface area contributed by atoms with Crippen LogP contribution in [0.3, 0.4) is 0 Å². The van der Waals surface area contributed by atoms with E-state index in [9.17, 15) is 4.79 Å². The monoisotopic (exact) mass is 366 g/mol. The zero-order chi connectivity index (χ0) is 19.2. The Morgan fingerprint density at radius 1 is 1.44 bits per heavy atom. The number of aromatic nitrogens is 2. The second-order valence-corrected chi connectivity index (χ2v) is 5.55. The van der Waals surface area contributed by atoms with Gasteiger partial charge in [0, 0.05) is 18.6 Å². The lowest BCUT2D eigenvalue weighted by Crippen LogP contribution is -2.26. The van der Waals surface area contributed by atoms with E-state index >= 15 is 0 Å². The lowest BCUT2D eigenvalue weighted by atomic mass is 9.41. The van der Waals surface area contributed by atoms with Gasteiger partial charge in [0.2, 0.25) is 0 Å². The van der Waals surface area contributed by atoms with Gasteiger partial charge in [-0.1, -0.05) is 64.8 Å². The Morgan fingerprint density at radius 3 is 2.72 bits per heavy atom. The van der Waals surface area contributed by atoms with Crippen molar-refractivity contribution in [2.75, 3.05) is 19.0 Å². The number of carbonyl (C=O) groups is 1. The number of methoxy groups -OCH3 is 1. The van der Waals surface area contributed by atoms with Crippen LogP contribution in [-0.4, -0.2) is 36.5 Å². The molecule has 1 atom stereocenters. The number of anilines is 1. The first-order chi connectivity index (χ1) is 12.1. The summed E-state index contributed by atoms with van der Waals surface area (Å²) in [5, 5.41) is 19.8. The van der Waals surface area contributed by atoms with Crippen LogP contribution in [0.25, 0.3) is 0 Å². The molecule has 0 amide bonds. The number of rotatable bonds is 4. The molecule has 6 nitrogen and oxygen atoms in total. The number of nitrogens with one attached hydrogen (secondary N) is 1. The zero-order valence-electron chi connectivity index (χ0n) is 15.8. The van der Waals surface area contributed by atoms with E-state index in [1.165, 1.54) is 7.11 Å². The van der Waals surface area contributed by atoms with Gasteiger partial charge in [-0.15, -0.1) is 10.2 Å². The van der Waals surface area contributed by atoms with Crippen molar-refractivity contribution in [3.63, 3.8) is 0 Å². The smallest absolute Gasteiger partial charge is 0.360 e. The van der Waals surface area contributed by atoms with Crippen molar-refractivity contribution in [3.8, 4) is 5.97 Å². The summed E-state index contributed by atoms with van der Waals surface area (Å²) in [4.78, 5) is 11.6. The largest absolute Gasteiger partial charge is 0.464 e. The Hall–Kier alpha value is -1.81. The molecular weight excluding hydrogens is 338 g/mol. The van der Waals surface area contributed by atoms with Gasteiger partial charge in [0.1, 0.15) is 0 Å². The molecule has 0 saturated carbocycles. The first-order valence-electron chi connectivity index (χ1n) is 8.89. The third kappa shape index (κ3) is 7.74. The molecule has 1 unspecified atom stereocenters. The summed E-state index contributed by atoms with van der Waals surface area (Å²) in [7, 11) is 1.29. The molecule has 0 aliphatic carbocycles. The highest BCUT2D eigenvalue weighted by atomic mass is 35.5. The molecule has 0 bridgehead atoms. The number of esters is 1. The molecule has 0 radical (unpaired) electrons. The second kappa shape index (κ2) is 13.5. The van der Waals surface area contributed by atoms with Gasteiger partial charge in [-0.3, -0.25) is 0 Å². The van der Waals surface area contributed by atoms with Crippen LogP contribution < -0.4 is 5.32 Å². The molecule has 2 heterocycles. The third-order valence-electron chi connectivity index (χ3n) is 3.69. The Bertz CT molecular complexity index is 566. The van der Waals surface area contributed by atoms with Crippen LogP contribution >= 0.6 is 11.6 Å². The molecule has 0 aromatic carbocycles. The number of carbonyl (C=O) groups excluding carboxylic acids is 1. The lowest BCUT2D eigenvalue weighted by Gasteiger charge is -2.24. The van der Waals surface area contributed by atoms with Crippen molar-refractivity contribution in [2.45, 2.75) is 53.2 Å². The maximum atomic E-state index is 11.6. The van der Waals surface area contributed by atoms with Crippen LogP contribution in [0.2, 0.25) is 17.8 Å². The van der Waals surface area contributed by atoms with E-state index in [-0.39, 0.29) is 17.6 Å². The Labute approximate surface area is 156 Å². The summed E-state index contributed by atoms with van der Waals surface area (Å²) in [6.07, 6.45) is 3.99. The summed E-state index contributed by atoms with van der Waals surface area (Å²) in [5.41, 5.74) is 0.635. The molecule has 1 fully saturated rings. The van der Waals surface area contributed by atoms with Crippen LogP contribution in [0.1, 0.15) is 51.0 Å². The van der Waals surface area contributed by atoms with Gasteiger partial charge in [0.25, 0.3) is 6.71 Å². The molecule has 1 saturated heterocycles. The van der Waals surface area contributed by atoms with E-state index in [1.54, 1.807) is 6.07 Å². The predicted molar refractivity (Wildman–Crippen MR) is 103 cm³/mol. The number of halogens is 1. The fraction of sp³-hybridized carbons (Fsp3) is 0.647. The summed E-state index contributed by atoms with van der Waals surface area (Å²) in [6.45, 7) is 8.80. The Kier molecular flexibility index (Phi) is 12.5. The molecule has 1 aromatic rings.